The number of guanidine groups is 1. The van der Waals surface area contributed by atoms with Crippen LogP contribution >= 0.6 is 0 Å². The molecule has 0 aromatic carbocycles. The van der Waals surface area contributed by atoms with Crippen molar-refractivity contribution >= 4 is 5.96 Å². The van der Waals surface area contributed by atoms with E-state index in [-0.39, 0.29) is 0 Å². The van der Waals surface area contributed by atoms with Crippen LogP contribution in [0, 0.1) is 11.8 Å². The first-order valence-electron chi connectivity index (χ1n) is 8.79. The Labute approximate surface area is 136 Å². The van der Waals surface area contributed by atoms with Crippen LogP contribution in [0.1, 0.15) is 39.0 Å². The zero-order valence-electron chi connectivity index (χ0n) is 15.0. The average molecular weight is 313 g/mol. The van der Waals surface area contributed by atoms with Crippen molar-refractivity contribution in [3.05, 3.63) is 0 Å². The number of aliphatic imine (C=N–C) groups is 1. The quantitative estimate of drug-likeness (QED) is 0.388. The Morgan fingerprint density at radius 1 is 1.23 bits per heavy atom. The Bertz CT molecular complexity index is 309. The molecule has 1 rings (SSSR count). The fourth-order valence-electron chi connectivity index (χ4n) is 3.10. The van der Waals surface area contributed by atoms with Crippen molar-refractivity contribution in [2.45, 2.75) is 39.0 Å². The molecule has 2 N–H and O–H groups in total. The third kappa shape index (κ3) is 7.99. The molecule has 0 aliphatic heterocycles. The molecule has 5 heteroatoms. The predicted octanol–water partition coefficient (Wildman–Crippen LogP) is 1.95. The van der Waals surface area contributed by atoms with Crippen molar-refractivity contribution < 1.29 is 4.74 Å². The van der Waals surface area contributed by atoms with Gasteiger partial charge in [-0.2, -0.15) is 0 Å². The van der Waals surface area contributed by atoms with Crippen molar-refractivity contribution in [1.29, 1.82) is 0 Å². The molecule has 0 radical (unpaired) electrons. The van der Waals surface area contributed by atoms with Crippen molar-refractivity contribution in [3.8, 4) is 0 Å². The second kappa shape index (κ2) is 11.7. The normalized spacial score (nSPS) is 22.9. The summed E-state index contributed by atoms with van der Waals surface area (Å²) in [6, 6.07) is 0. The van der Waals surface area contributed by atoms with Crippen LogP contribution in [-0.2, 0) is 4.74 Å². The molecule has 1 fully saturated rings. The molecule has 1 aliphatic carbocycles. The summed E-state index contributed by atoms with van der Waals surface area (Å²) in [5.41, 5.74) is 0. The molecule has 0 heterocycles. The van der Waals surface area contributed by atoms with E-state index in [1.165, 1.54) is 25.7 Å². The molecule has 0 aromatic rings. The van der Waals surface area contributed by atoms with E-state index in [4.69, 9.17) is 4.74 Å². The molecule has 1 saturated carbocycles. The van der Waals surface area contributed by atoms with Gasteiger partial charge in [-0.15, -0.1) is 0 Å². The number of methoxy groups -OCH3 is 1. The second-order valence-corrected chi connectivity index (χ2v) is 6.55. The summed E-state index contributed by atoms with van der Waals surface area (Å²) >= 11 is 0. The number of nitrogens with one attached hydrogen (secondary N) is 2. The molecule has 2 unspecified atom stereocenters. The lowest BCUT2D eigenvalue weighted by molar-refractivity contribution is 0.180. The van der Waals surface area contributed by atoms with Gasteiger partial charge in [0.05, 0.1) is 0 Å². The number of hydrogen-bond acceptors (Lipinski definition) is 3. The number of ether oxygens (including phenoxy) is 1. The zero-order valence-corrected chi connectivity index (χ0v) is 15.0. The van der Waals surface area contributed by atoms with Gasteiger partial charge in [0.25, 0.3) is 0 Å². The maximum atomic E-state index is 5.08. The first-order chi connectivity index (χ1) is 10.7. The summed E-state index contributed by atoms with van der Waals surface area (Å²) in [7, 11) is 5.75. The number of likely N-dealkylation sites (N-methyl/N-ethyl adjacent to an activating group) is 1. The van der Waals surface area contributed by atoms with Gasteiger partial charge in [-0.05, 0) is 31.7 Å². The molecule has 0 saturated heterocycles. The van der Waals surface area contributed by atoms with Gasteiger partial charge in [0.1, 0.15) is 0 Å². The van der Waals surface area contributed by atoms with E-state index in [1.54, 1.807) is 7.11 Å². The Morgan fingerprint density at radius 3 is 2.68 bits per heavy atom. The van der Waals surface area contributed by atoms with Crippen LogP contribution in [0.15, 0.2) is 4.99 Å². The fraction of sp³-hybridized carbons (Fsp3) is 0.941. The van der Waals surface area contributed by atoms with Crippen LogP contribution in [0.3, 0.4) is 0 Å². The maximum absolute atomic E-state index is 5.08. The van der Waals surface area contributed by atoms with Crippen LogP contribution in [-0.4, -0.2) is 64.9 Å². The van der Waals surface area contributed by atoms with Gasteiger partial charge < -0.3 is 20.3 Å². The van der Waals surface area contributed by atoms with E-state index in [1.807, 2.05) is 7.05 Å². The number of rotatable bonds is 9. The number of nitrogens with zero attached hydrogens (tertiary/aromatic N) is 2. The first-order valence-corrected chi connectivity index (χ1v) is 8.79. The molecule has 130 valence electrons. The average Bonchev–Trinajstić information content (AvgIpc) is 2.52. The fourth-order valence-corrected chi connectivity index (χ4v) is 3.10. The van der Waals surface area contributed by atoms with Gasteiger partial charge in [0, 0.05) is 46.9 Å². The Morgan fingerprint density at radius 2 is 2.00 bits per heavy atom. The summed E-state index contributed by atoms with van der Waals surface area (Å²) in [5.74, 6) is 2.57. The molecule has 5 nitrogen and oxygen atoms in total. The zero-order chi connectivity index (χ0) is 16.2. The molecule has 2 atom stereocenters. The SMILES string of the molecule is CN=C(NCCN(C)CCCOC)NCC1CCCCC1C. The second-order valence-electron chi connectivity index (χ2n) is 6.55. The third-order valence-corrected chi connectivity index (χ3v) is 4.72. The Hall–Kier alpha value is -0.810. The van der Waals surface area contributed by atoms with Crippen LogP contribution in [0.25, 0.3) is 0 Å². The largest absolute Gasteiger partial charge is 0.385 e. The summed E-state index contributed by atoms with van der Waals surface area (Å²) in [5, 5.41) is 6.91. The highest BCUT2D eigenvalue weighted by Gasteiger charge is 2.21. The van der Waals surface area contributed by atoms with Gasteiger partial charge >= 0.3 is 0 Å². The molecule has 0 aromatic heterocycles. The van der Waals surface area contributed by atoms with Crippen LogP contribution in [0.2, 0.25) is 0 Å². The Balaban J connectivity index is 2.14. The molecular formula is C17H36N4O. The van der Waals surface area contributed by atoms with Gasteiger partial charge in [0.2, 0.25) is 0 Å². The van der Waals surface area contributed by atoms with Crippen molar-refractivity contribution in [2.24, 2.45) is 16.8 Å². The monoisotopic (exact) mass is 312 g/mol. The molecule has 0 amide bonds. The smallest absolute Gasteiger partial charge is 0.191 e. The molecular weight excluding hydrogens is 276 g/mol. The lowest BCUT2D eigenvalue weighted by Gasteiger charge is -2.29. The summed E-state index contributed by atoms with van der Waals surface area (Å²) in [4.78, 5) is 6.65. The topological polar surface area (TPSA) is 48.9 Å². The van der Waals surface area contributed by atoms with E-state index < -0.39 is 0 Å². The molecule has 22 heavy (non-hydrogen) atoms. The van der Waals surface area contributed by atoms with Gasteiger partial charge in [-0.25, -0.2) is 0 Å². The highest BCUT2D eigenvalue weighted by atomic mass is 16.5. The van der Waals surface area contributed by atoms with E-state index in [0.717, 1.165) is 57.0 Å². The van der Waals surface area contributed by atoms with Gasteiger partial charge in [-0.1, -0.05) is 26.2 Å². The maximum Gasteiger partial charge on any atom is 0.191 e. The predicted molar refractivity (Wildman–Crippen MR) is 94.5 cm³/mol. The van der Waals surface area contributed by atoms with Crippen LogP contribution < -0.4 is 10.6 Å². The first kappa shape index (κ1) is 19.2. The summed E-state index contributed by atoms with van der Waals surface area (Å²) in [6.07, 6.45) is 6.60. The Kier molecular flexibility index (Phi) is 10.2. The van der Waals surface area contributed by atoms with E-state index >= 15 is 0 Å². The summed E-state index contributed by atoms with van der Waals surface area (Å²) < 4.78 is 5.08. The van der Waals surface area contributed by atoms with E-state index in [0.29, 0.717) is 0 Å². The van der Waals surface area contributed by atoms with Crippen LogP contribution in [0.4, 0.5) is 0 Å². The van der Waals surface area contributed by atoms with Crippen molar-refractivity contribution in [2.75, 3.05) is 54.0 Å². The summed E-state index contributed by atoms with van der Waals surface area (Å²) in [6.45, 7) is 7.27. The van der Waals surface area contributed by atoms with Gasteiger partial charge in [-0.3, -0.25) is 4.99 Å². The van der Waals surface area contributed by atoms with Crippen LogP contribution in [0.5, 0.6) is 0 Å². The minimum Gasteiger partial charge on any atom is -0.385 e. The lowest BCUT2D eigenvalue weighted by Crippen LogP contribution is -2.43. The number of hydrogen-bond donors (Lipinski definition) is 2. The van der Waals surface area contributed by atoms with Crippen molar-refractivity contribution in [1.82, 2.24) is 15.5 Å². The third-order valence-electron chi connectivity index (χ3n) is 4.72. The minimum atomic E-state index is 0.795. The standard InChI is InChI=1S/C17H36N4O/c1-15-8-5-6-9-16(15)14-20-17(18-2)19-10-12-21(3)11-7-13-22-4/h15-16H,5-14H2,1-4H3,(H2,18,19,20). The van der Waals surface area contributed by atoms with Crippen molar-refractivity contribution in [3.63, 3.8) is 0 Å². The van der Waals surface area contributed by atoms with Gasteiger partial charge in [0.15, 0.2) is 5.96 Å². The highest BCUT2D eigenvalue weighted by Crippen LogP contribution is 2.28. The lowest BCUT2D eigenvalue weighted by atomic mass is 9.80. The molecule has 1 aliphatic rings. The highest BCUT2D eigenvalue weighted by molar-refractivity contribution is 5.79. The molecule has 0 spiro atoms. The van der Waals surface area contributed by atoms with E-state index in [9.17, 15) is 0 Å². The molecule has 0 bridgehead atoms. The van der Waals surface area contributed by atoms with E-state index in [2.05, 4.69) is 34.5 Å². The minimum absolute atomic E-state index is 0.795.